The van der Waals surface area contributed by atoms with Gasteiger partial charge in [-0.25, -0.2) is 4.39 Å². The summed E-state index contributed by atoms with van der Waals surface area (Å²) in [6.45, 7) is 4.78. The molecule has 1 fully saturated rings. The van der Waals surface area contributed by atoms with Gasteiger partial charge in [0.15, 0.2) is 0 Å². The summed E-state index contributed by atoms with van der Waals surface area (Å²) in [5, 5.41) is 0. The first kappa shape index (κ1) is 15.6. The lowest BCUT2D eigenvalue weighted by atomic mass is 9.69. The molecule has 130 valence electrons. The summed E-state index contributed by atoms with van der Waals surface area (Å²) >= 11 is 3.97. The zero-order valence-electron chi connectivity index (χ0n) is 14.8. The van der Waals surface area contributed by atoms with Crippen molar-refractivity contribution < 1.29 is 4.39 Å². The van der Waals surface area contributed by atoms with Crippen LogP contribution in [0.15, 0.2) is 69.5 Å². The summed E-state index contributed by atoms with van der Waals surface area (Å²) in [5.41, 5.74) is 8.06. The predicted molar refractivity (Wildman–Crippen MR) is 109 cm³/mol. The summed E-state index contributed by atoms with van der Waals surface area (Å²) in [6.07, 6.45) is 0.394. The summed E-state index contributed by atoms with van der Waals surface area (Å²) < 4.78 is 14.5. The molecule has 0 radical (unpaired) electrons. The van der Waals surface area contributed by atoms with Gasteiger partial charge < -0.3 is 0 Å². The molecule has 2 aromatic carbocycles. The van der Waals surface area contributed by atoms with Crippen molar-refractivity contribution in [3.8, 4) is 0 Å². The first-order chi connectivity index (χ1) is 12.5. The first-order valence-corrected chi connectivity index (χ1v) is 10.8. The Morgan fingerprint density at radius 2 is 1.19 bits per heavy atom. The molecule has 3 heteroatoms. The van der Waals surface area contributed by atoms with Gasteiger partial charge in [0.25, 0.3) is 0 Å². The van der Waals surface area contributed by atoms with Crippen LogP contribution in [-0.4, -0.2) is 15.7 Å². The van der Waals surface area contributed by atoms with Crippen molar-refractivity contribution in [3.05, 3.63) is 70.8 Å². The SMILES string of the molecule is CC12Sc3ccccc3C1=C1CC(F)CC1=C1c3ccccc3SC12C. The maximum atomic E-state index is 14.7. The fourth-order valence-corrected chi connectivity index (χ4v) is 8.67. The lowest BCUT2D eigenvalue weighted by molar-refractivity contribution is 0.354. The Bertz CT molecular complexity index is 966. The zero-order valence-corrected chi connectivity index (χ0v) is 16.4. The van der Waals surface area contributed by atoms with Crippen LogP contribution in [0, 0.1) is 0 Å². The van der Waals surface area contributed by atoms with Crippen LogP contribution < -0.4 is 0 Å². The van der Waals surface area contributed by atoms with Gasteiger partial charge in [0.05, 0.1) is 9.49 Å². The van der Waals surface area contributed by atoms with Crippen molar-refractivity contribution in [1.82, 2.24) is 0 Å². The highest BCUT2D eigenvalue weighted by Gasteiger charge is 2.62. The van der Waals surface area contributed by atoms with E-state index < -0.39 is 6.17 Å². The van der Waals surface area contributed by atoms with E-state index in [1.54, 1.807) is 0 Å². The van der Waals surface area contributed by atoms with Gasteiger partial charge >= 0.3 is 0 Å². The van der Waals surface area contributed by atoms with Crippen molar-refractivity contribution in [2.24, 2.45) is 0 Å². The van der Waals surface area contributed by atoms with E-state index in [0.29, 0.717) is 12.8 Å². The van der Waals surface area contributed by atoms with E-state index >= 15 is 0 Å². The van der Waals surface area contributed by atoms with E-state index in [2.05, 4.69) is 62.4 Å². The molecular weight excluding hydrogens is 359 g/mol. The van der Waals surface area contributed by atoms with Crippen molar-refractivity contribution in [2.45, 2.75) is 52.1 Å². The van der Waals surface area contributed by atoms with Crippen molar-refractivity contribution in [2.75, 3.05) is 0 Å². The minimum Gasteiger partial charge on any atom is -0.247 e. The molecule has 0 bridgehead atoms. The van der Waals surface area contributed by atoms with Crippen molar-refractivity contribution in [1.29, 1.82) is 0 Å². The normalized spacial score (nSPS) is 33.7. The molecule has 1 saturated carbocycles. The van der Waals surface area contributed by atoms with Gasteiger partial charge in [0, 0.05) is 22.6 Å². The fraction of sp³-hybridized carbons (Fsp3) is 0.304. The van der Waals surface area contributed by atoms with Crippen LogP contribution in [0.2, 0.25) is 0 Å². The van der Waals surface area contributed by atoms with Crippen LogP contribution in [0.3, 0.4) is 0 Å². The molecular formula is C23H19FS2. The average Bonchev–Trinajstić information content (AvgIpc) is 3.23. The van der Waals surface area contributed by atoms with Gasteiger partial charge in [-0.15, -0.1) is 23.5 Å². The summed E-state index contributed by atoms with van der Waals surface area (Å²) in [6, 6.07) is 17.4. The van der Waals surface area contributed by atoms with Crippen LogP contribution in [0.5, 0.6) is 0 Å². The van der Waals surface area contributed by atoms with Gasteiger partial charge in [-0.05, 0) is 59.4 Å². The average molecular weight is 379 g/mol. The zero-order chi connectivity index (χ0) is 17.7. The van der Waals surface area contributed by atoms with Crippen LogP contribution in [0.4, 0.5) is 4.39 Å². The number of rotatable bonds is 0. The minimum absolute atomic E-state index is 0.0708. The number of fused-ring (bicyclic) bond motifs is 8. The van der Waals surface area contributed by atoms with E-state index in [0.717, 1.165) is 0 Å². The van der Waals surface area contributed by atoms with Crippen LogP contribution >= 0.6 is 23.5 Å². The maximum Gasteiger partial charge on any atom is 0.108 e. The van der Waals surface area contributed by atoms with Gasteiger partial charge in [-0.3, -0.25) is 0 Å². The first-order valence-electron chi connectivity index (χ1n) is 9.21. The van der Waals surface area contributed by atoms with E-state index in [-0.39, 0.29) is 9.49 Å². The highest BCUT2D eigenvalue weighted by atomic mass is 32.2. The molecule has 0 N–H and O–H groups in total. The molecule has 0 amide bonds. The molecule has 2 unspecified atom stereocenters. The molecule has 6 rings (SSSR count). The Morgan fingerprint density at radius 3 is 1.65 bits per heavy atom. The highest BCUT2D eigenvalue weighted by molar-refractivity contribution is 8.06. The largest absolute Gasteiger partial charge is 0.247 e. The molecule has 0 saturated heterocycles. The second-order valence-corrected chi connectivity index (χ2v) is 10.9. The molecule has 0 spiro atoms. The number of hydrogen-bond donors (Lipinski definition) is 0. The Kier molecular flexibility index (Phi) is 2.93. The van der Waals surface area contributed by atoms with Crippen molar-refractivity contribution >= 4 is 34.7 Å². The standard InChI is InChI=1S/C23H19FS2/c1-22-20(14-7-3-5-9-18(14)25-22)16-11-13(24)12-17(16)21-15-8-4-6-10-19(15)26-23(21,22)2/h3-10,13H,11-12H2,1-2H3. The van der Waals surface area contributed by atoms with E-state index in [1.165, 1.54) is 43.2 Å². The number of thioether (sulfide) groups is 2. The van der Waals surface area contributed by atoms with Gasteiger partial charge in [-0.2, -0.15) is 0 Å². The summed E-state index contributed by atoms with van der Waals surface area (Å²) in [7, 11) is 0. The third-order valence-electron chi connectivity index (χ3n) is 6.62. The second-order valence-electron chi connectivity index (χ2n) is 7.98. The molecule has 0 nitrogen and oxygen atoms in total. The third kappa shape index (κ3) is 1.65. The third-order valence-corrected chi connectivity index (χ3v) is 9.95. The van der Waals surface area contributed by atoms with Crippen LogP contribution in [-0.2, 0) is 0 Å². The number of hydrogen-bond acceptors (Lipinski definition) is 2. The Balaban J connectivity index is 1.74. The van der Waals surface area contributed by atoms with Crippen LogP contribution in [0.25, 0.3) is 11.1 Å². The quantitative estimate of drug-likeness (QED) is 0.496. The van der Waals surface area contributed by atoms with E-state index in [9.17, 15) is 4.39 Å². The van der Waals surface area contributed by atoms with Gasteiger partial charge in [0.2, 0.25) is 0 Å². The fourth-order valence-electron chi connectivity index (χ4n) is 5.42. The molecule has 2 atom stereocenters. The summed E-state index contributed by atoms with van der Waals surface area (Å²) in [5.74, 6) is 0. The molecule has 2 heterocycles. The number of benzene rings is 2. The number of allylic oxidation sites excluding steroid dienone is 2. The molecule has 4 aliphatic rings. The number of alkyl halides is 1. The minimum atomic E-state index is -0.748. The molecule has 2 aliphatic carbocycles. The maximum absolute atomic E-state index is 14.7. The van der Waals surface area contributed by atoms with Gasteiger partial charge in [-0.1, -0.05) is 36.4 Å². The van der Waals surface area contributed by atoms with Gasteiger partial charge in [0.1, 0.15) is 6.17 Å². The van der Waals surface area contributed by atoms with Crippen LogP contribution in [0.1, 0.15) is 37.8 Å². The highest BCUT2D eigenvalue weighted by Crippen LogP contribution is 2.73. The molecule has 2 aliphatic heterocycles. The smallest absolute Gasteiger partial charge is 0.108 e. The monoisotopic (exact) mass is 378 g/mol. The van der Waals surface area contributed by atoms with E-state index in [1.807, 2.05) is 23.5 Å². The summed E-state index contributed by atoms with van der Waals surface area (Å²) in [4.78, 5) is 2.69. The number of halogens is 1. The lowest BCUT2D eigenvalue weighted by Gasteiger charge is -2.46. The predicted octanol–water partition coefficient (Wildman–Crippen LogP) is 6.77. The second kappa shape index (κ2) is 4.88. The molecule has 26 heavy (non-hydrogen) atoms. The Hall–Kier alpha value is -1.45. The Labute approximate surface area is 162 Å². The molecule has 2 aromatic rings. The topological polar surface area (TPSA) is 0 Å². The Morgan fingerprint density at radius 1 is 0.769 bits per heavy atom. The lowest BCUT2D eigenvalue weighted by Crippen LogP contribution is -2.45. The van der Waals surface area contributed by atoms with E-state index in [4.69, 9.17) is 0 Å². The van der Waals surface area contributed by atoms with Crippen molar-refractivity contribution in [3.63, 3.8) is 0 Å². The molecule has 0 aromatic heterocycles.